The Bertz CT molecular complexity index is 653. The van der Waals surface area contributed by atoms with Gasteiger partial charge in [-0.15, -0.1) is 0 Å². The van der Waals surface area contributed by atoms with Crippen molar-refractivity contribution < 1.29 is 4.74 Å². The maximum Gasteiger partial charge on any atom is 0.224 e. The van der Waals surface area contributed by atoms with E-state index in [-0.39, 0.29) is 0 Å². The minimum atomic E-state index is 0.504. The molecular weight excluding hydrogens is 262 g/mol. The third-order valence-corrected chi connectivity index (χ3v) is 3.38. The molecule has 2 rings (SSSR count). The van der Waals surface area contributed by atoms with Crippen molar-refractivity contribution in [2.24, 2.45) is 0 Å². The first-order valence-electron chi connectivity index (χ1n) is 7.29. The Kier molecular flexibility index (Phi) is 4.89. The zero-order valence-electron chi connectivity index (χ0n) is 12.6. The van der Waals surface area contributed by atoms with Gasteiger partial charge < -0.3 is 15.0 Å². The second kappa shape index (κ2) is 6.85. The van der Waals surface area contributed by atoms with Gasteiger partial charge in [0, 0.05) is 12.6 Å². The first kappa shape index (κ1) is 15.0. The lowest BCUT2D eigenvalue weighted by atomic mass is 10.2. The zero-order valence-corrected chi connectivity index (χ0v) is 12.6. The zero-order chi connectivity index (χ0) is 15.2. The number of nitrogen functional groups attached to an aromatic ring is 1. The minimum absolute atomic E-state index is 0.504. The van der Waals surface area contributed by atoms with E-state index < -0.39 is 0 Å². The van der Waals surface area contributed by atoms with E-state index in [4.69, 9.17) is 10.5 Å². The number of ether oxygens (including phenoxy) is 1. The van der Waals surface area contributed by atoms with E-state index in [9.17, 15) is 5.26 Å². The fraction of sp³-hybridized carbons (Fsp3) is 0.353. The summed E-state index contributed by atoms with van der Waals surface area (Å²) in [6.07, 6.45) is 3.25. The van der Waals surface area contributed by atoms with Crippen LogP contribution < -0.4 is 10.5 Å². The number of benzene rings is 1. The Morgan fingerprint density at radius 1 is 1.29 bits per heavy atom. The normalized spacial score (nSPS) is 10.3. The highest BCUT2D eigenvalue weighted by Gasteiger charge is 2.15. The molecule has 0 saturated heterocycles. The first-order chi connectivity index (χ1) is 10.2. The number of nitrogens with two attached hydrogens (primary N) is 1. The Morgan fingerprint density at radius 3 is 2.76 bits per heavy atom. The monoisotopic (exact) mass is 283 g/mol. The van der Waals surface area contributed by atoms with E-state index in [0.717, 1.165) is 37.1 Å². The highest BCUT2D eigenvalue weighted by atomic mass is 16.5. The second-order valence-corrected chi connectivity index (χ2v) is 5.18. The lowest BCUT2D eigenvalue weighted by Gasteiger charge is -2.12. The lowest BCUT2D eigenvalue weighted by molar-refractivity contribution is 0.423. The Labute approximate surface area is 125 Å². The van der Waals surface area contributed by atoms with Crippen LogP contribution in [0, 0.1) is 18.3 Å². The Balaban J connectivity index is 2.29. The molecule has 4 heteroatoms. The van der Waals surface area contributed by atoms with Crippen LogP contribution in [0.4, 0.5) is 5.69 Å². The van der Waals surface area contributed by atoms with Crippen LogP contribution in [-0.2, 0) is 6.54 Å². The van der Waals surface area contributed by atoms with Crippen LogP contribution in [0.5, 0.6) is 11.6 Å². The molecule has 0 bridgehead atoms. The minimum Gasteiger partial charge on any atom is -0.439 e. The average molecular weight is 283 g/mol. The van der Waals surface area contributed by atoms with E-state index >= 15 is 0 Å². The fourth-order valence-electron chi connectivity index (χ4n) is 2.29. The van der Waals surface area contributed by atoms with Gasteiger partial charge in [0.25, 0.3) is 0 Å². The van der Waals surface area contributed by atoms with Crippen molar-refractivity contribution >= 4 is 5.69 Å². The quantitative estimate of drug-likeness (QED) is 0.807. The van der Waals surface area contributed by atoms with E-state index in [1.54, 1.807) is 6.07 Å². The van der Waals surface area contributed by atoms with E-state index in [1.165, 1.54) is 0 Å². The molecule has 0 unspecified atom stereocenters. The third-order valence-electron chi connectivity index (χ3n) is 3.38. The maximum atomic E-state index is 9.24. The van der Waals surface area contributed by atoms with E-state index in [2.05, 4.69) is 13.0 Å². The van der Waals surface area contributed by atoms with Crippen molar-refractivity contribution in [3.05, 3.63) is 41.6 Å². The topological polar surface area (TPSA) is 64.0 Å². The standard InChI is InChI=1S/C17H21N3O/c1-3-4-5-9-20-14(12-18)11-16(19)17(20)21-15-8-6-7-13(2)10-15/h6-8,10-11H,3-5,9,19H2,1-2H3. The highest BCUT2D eigenvalue weighted by molar-refractivity contribution is 5.56. The van der Waals surface area contributed by atoms with Crippen LogP contribution in [-0.4, -0.2) is 4.57 Å². The molecule has 0 aliphatic rings. The molecule has 0 radical (unpaired) electrons. The molecule has 1 aromatic carbocycles. The molecule has 2 N–H and O–H groups in total. The number of hydrogen-bond donors (Lipinski definition) is 1. The molecule has 0 aliphatic heterocycles. The van der Waals surface area contributed by atoms with E-state index in [0.29, 0.717) is 17.3 Å². The number of hydrogen-bond acceptors (Lipinski definition) is 3. The number of unbranched alkanes of at least 4 members (excludes halogenated alkanes) is 2. The predicted octanol–water partition coefficient (Wildman–Crippen LogP) is 4.23. The van der Waals surface area contributed by atoms with Crippen LogP contribution in [0.1, 0.15) is 37.4 Å². The number of nitriles is 1. The molecule has 110 valence electrons. The molecule has 4 nitrogen and oxygen atoms in total. The number of aryl methyl sites for hydroxylation is 1. The molecule has 2 aromatic rings. The van der Waals surface area contributed by atoms with Gasteiger partial charge in [0.1, 0.15) is 17.5 Å². The summed E-state index contributed by atoms with van der Waals surface area (Å²) in [5, 5.41) is 9.24. The van der Waals surface area contributed by atoms with Gasteiger partial charge in [-0.25, -0.2) is 0 Å². The lowest BCUT2D eigenvalue weighted by Crippen LogP contribution is -2.04. The van der Waals surface area contributed by atoms with Gasteiger partial charge in [-0.05, 0) is 31.0 Å². The van der Waals surface area contributed by atoms with Crippen LogP contribution in [0.3, 0.4) is 0 Å². The SMILES string of the molecule is CCCCCn1c(C#N)cc(N)c1Oc1cccc(C)c1. The van der Waals surface area contributed by atoms with Crippen molar-refractivity contribution in [1.29, 1.82) is 5.26 Å². The molecule has 1 heterocycles. The largest absolute Gasteiger partial charge is 0.439 e. The maximum absolute atomic E-state index is 9.24. The summed E-state index contributed by atoms with van der Waals surface area (Å²) in [6, 6.07) is 11.7. The van der Waals surface area contributed by atoms with Crippen molar-refractivity contribution in [2.45, 2.75) is 39.7 Å². The fourth-order valence-corrected chi connectivity index (χ4v) is 2.29. The molecule has 0 aliphatic carbocycles. The van der Waals surface area contributed by atoms with Gasteiger partial charge >= 0.3 is 0 Å². The predicted molar refractivity (Wildman–Crippen MR) is 84.3 cm³/mol. The van der Waals surface area contributed by atoms with Gasteiger partial charge in [-0.1, -0.05) is 31.9 Å². The molecule has 1 aromatic heterocycles. The van der Waals surface area contributed by atoms with E-state index in [1.807, 2.05) is 35.8 Å². The first-order valence-corrected chi connectivity index (χ1v) is 7.29. The molecule has 21 heavy (non-hydrogen) atoms. The molecular formula is C17H21N3O. The van der Waals surface area contributed by atoms with Crippen LogP contribution in [0.2, 0.25) is 0 Å². The number of aromatic nitrogens is 1. The van der Waals surface area contributed by atoms with Crippen LogP contribution in [0.25, 0.3) is 0 Å². The molecule has 0 spiro atoms. The summed E-state index contributed by atoms with van der Waals surface area (Å²) in [5.74, 6) is 1.30. The molecule has 0 atom stereocenters. The third kappa shape index (κ3) is 3.57. The molecule has 0 saturated carbocycles. The summed E-state index contributed by atoms with van der Waals surface area (Å²) in [6.45, 7) is 4.91. The van der Waals surface area contributed by atoms with Crippen LogP contribution >= 0.6 is 0 Å². The number of nitrogens with zero attached hydrogens (tertiary/aromatic N) is 2. The smallest absolute Gasteiger partial charge is 0.224 e. The van der Waals surface area contributed by atoms with Gasteiger partial charge in [0.2, 0.25) is 5.88 Å². The number of anilines is 1. The second-order valence-electron chi connectivity index (χ2n) is 5.18. The van der Waals surface area contributed by atoms with Crippen molar-refractivity contribution in [3.8, 4) is 17.7 Å². The van der Waals surface area contributed by atoms with Gasteiger partial charge in [-0.3, -0.25) is 0 Å². The summed E-state index contributed by atoms with van der Waals surface area (Å²) in [7, 11) is 0. The Morgan fingerprint density at radius 2 is 2.10 bits per heavy atom. The highest BCUT2D eigenvalue weighted by Crippen LogP contribution is 2.31. The summed E-state index contributed by atoms with van der Waals surface area (Å²) >= 11 is 0. The van der Waals surface area contributed by atoms with Crippen LogP contribution in [0.15, 0.2) is 30.3 Å². The molecule has 0 amide bonds. The Hall–Kier alpha value is -2.41. The summed E-state index contributed by atoms with van der Waals surface area (Å²) < 4.78 is 7.79. The summed E-state index contributed by atoms with van der Waals surface area (Å²) in [5.41, 5.74) is 8.18. The van der Waals surface area contributed by atoms with Gasteiger partial charge in [0.15, 0.2) is 0 Å². The van der Waals surface area contributed by atoms with Crippen molar-refractivity contribution in [2.75, 3.05) is 5.73 Å². The van der Waals surface area contributed by atoms with Gasteiger partial charge in [0.05, 0.1) is 5.69 Å². The van der Waals surface area contributed by atoms with Crippen molar-refractivity contribution in [3.63, 3.8) is 0 Å². The summed E-state index contributed by atoms with van der Waals surface area (Å²) in [4.78, 5) is 0. The number of rotatable bonds is 6. The molecule has 0 fully saturated rings. The average Bonchev–Trinajstić information content (AvgIpc) is 2.76. The van der Waals surface area contributed by atoms with Crippen molar-refractivity contribution in [1.82, 2.24) is 4.57 Å². The van der Waals surface area contributed by atoms with Gasteiger partial charge in [-0.2, -0.15) is 5.26 Å².